The molecule has 0 amide bonds. The van der Waals surface area contributed by atoms with E-state index in [0.717, 1.165) is 5.56 Å². The molecule has 0 atom stereocenters. The van der Waals surface area contributed by atoms with Crippen molar-refractivity contribution in [3.05, 3.63) is 53.7 Å². The maximum atomic E-state index is 13.3. The molecule has 0 aliphatic heterocycles. The minimum Gasteiger partial charge on any atom is -0.480 e. The highest BCUT2D eigenvalue weighted by molar-refractivity contribution is 6.31. The lowest BCUT2D eigenvalue weighted by Crippen LogP contribution is -1.98. The average molecular weight is 361 g/mol. The summed E-state index contributed by atoms with van der Waals surface area (Å²) in [5.74, 6) is -0.102. The summed E-state index contributed by atoms with van der Waals surface area (Å²) < 4.78 is 23.5. The molecule has 0 saturated carbocycles. The van der Waals surface area contributed by atoms with Crippen molar-refractivity contribution in [2.24, 2.45) is 0 Å². The zero-order chi connectivity index (χ0) is 17.8. The predicted molar refractivity (Wildman–Crippen MR) is 93.1 cm³/mol. The van der Waals surface area contributed by atoms with Crippen LogP contribution in [0.1, 0.15) is 0 Å². The van der Waals surface area contributed by atoms with E-state index in [1.54, 1.807) is 24.7 Å². The third-order valence-electron chi connectivity index (χ3n) is 3.37. The molecule has 0 bridgehead atoms. The molecule has 2 heterocycles. The van der Waals surface area contributed by atoms with E-state index in [9.17, 15) is 4.39 Å². The van der Waals surface area contributed by atoms with Crippen molar-refractivity contribution in [2.45, 2.75) is 0 Å². The maximum absolute atomic E-state index is 13.3. The van der Waals surface area contributed by atoms with Gasteiger partial charge in [0.2, 0.25) is 5.88 Å². The van der Waals surface area contributed by atoms with Gasteiger partial charge in [0, 0.05) is 23.6 Å². The highest BCUT2D eigenvalue weighted by Gasteiger charge is 2.11. The van der Waals surface area contributed by atoms with E-state index in [4.69, 9.17) is 21.1 Å². The molecule has 3 rings (SSSR count). The van der Waals surface area contributed by atoms with Gasteiger partial charge in [-0.3, -0.25) is 4.98 Å². The normalized spacial score (nSPS) is 10.4. The molecule has 8 heteroatoms. The minimum absolute atomic E-state index is 0.0411. The van der Waals surface area contributed by atoms with Gasteiger partial charge in [-0.15, -0.1) is 0 Å². The zero-order valence-electron chi connectivity index (χ0n) is 13.5. The van der Waals surface area contributed by atoms with Gasteiger partial charge in [-0.25, -0.2) is 9.37 Å². The van der Waals surface area contributed by atoms with Crippen molar-refractivity contribution in [3.63, 3.8) is 0 Å². The Labute approximate surface area is 148 Å². The molecule has 1 N–H and O–H groups in total. The quantitative estimate of drug-likeness (QED) is 0.739. The molecule has 0 unspecified atom stereocenters. The van der Waals surface area contributed by atoms with Crippen LogP contribution in [0.15, 0.2) is 42.9 Å². The molecule has 0 aliphatic rings. The molecule has 0 aliphatic carbocycles. The van der Waals surface area contributed by atoms with E-state index in [1.165, 1.54) is 26.4 Å². The van der Waals surface area contributed by atoms with Crippen molar-refractivity contribution in [1.29, 1.82) is 0 Å². The van der Waals surface area contributed by atoms with E-state index in [-0.39, 0.29) is 11.0 Å². The molecule has 3 aromatic rings. The molecule has 128 valence electrons. The van der Waals surface area contributed by atoms with Crippen LogP contribution in [0, 0.1) is 5.82 Å². The van der Waals surface area contributed by atoms with E-state index < -0.39 is 5.82 Å². The molecule has 1 aromatic carbocycles. The highest BCUT2D eigenvalue weighted by atomic mass is 35.5. The third-order valence-corrected chi connectivity index (χ3v) is 3.65. The highest BCUT2D eigenvalue weighted by Crippen LogP contribution is 2.31. The Kier molecular flexibility index (Phi) is 4.95. The summed E-state index contributed by atoms with van der Waals surface area (Å²) in [7, 11) is 3.00. The second-order valence-corrected chi connectivity index (χ2v) is 5.40. The lowest BCUT2D eigenvalue weighted by molar-refractivity contribution is 0.353. The van der Waals surface area contributed by atoms with Gasteiger partial charge in [-0.2, -0.15) is 4.98 Å². The Hall–Kier alpha value is -2.93. The number of hydrogen-bond donors (Lipinski definition) is 1. The van der Waals surface area contributed by atoms with E-state index in [0.29, 0.717) is 22.8 Å². The number of aromatic nitrogens is 3. The van der Waals surface area contributed by atoms with Gasteiger partial charge in [0.25, 0.3) is 0 Å². The number of rotatable bonds is 5. The zero-order valence-corrected chi connectivity index (χ0v) is 14.2. The number of halogens is 2. The molecule has 6 nitrogen and oxygen atoms in total. The van der Waals surface area contributed by atoms with Gasteiger partial charge in [0.15, 0.2) is 0 Å². The van der Waals surface area contributed by atoms with Crippen LogP contribution < -0.4 is 14.8 Å². The topological polar surface area (TPSA) is 69.2 Å². The molecule has 0 saturated heterocycles. The summed E-state index contributed by atoms with van der Waals surface area (Å²) in [6.07, 6.45) is 4.90. The number of nitrogens with zero attached hydrogens (tertiary/aromatic N) is 3. The Morgan fingerprint density at radius 1 is 1.04 bits per heavy atom. The lowest BCUT2D eigenvalue weighted by Gasteiger charge is -2.11. The monoisotopic (exact) mass is 360 g/mol. The smallest absolute Gasteiger partial charge is 0.319 e. The van der Waals surface area contributed by atoms with Crippen LogP contribution in [0.3, 0.4) is 0 Å². The van der Waals surface area contributed by atoms with Crippen LogP contribution in [0.4, 0.5) is 15.8 Å². The number of methoxy groups -OCH3 is 2. The molecular weight excluding hydrogens is 347 g/mol. The van der Waals surface area contributed by atoms with Crippen LogP contribution in [0.25, 0.3) is 11.1 Å². The molecule has 0 spiro atoms. The summed E-state index contributed by atoms with van der Waals surface area (Å²) >= 11 is 5.80. The summed E-state index contributed by atoms with van der Waals surface area (Å²) in [5, 5.41) is 3.16. The summed E-state index contributed by atoms with van der Waals surface area (Å²) in [5.41, 5.74) is 2.75. The first kappa shape index (κ1) is 16.9. The van der Waals surface area contributed by atoms with Gasteiger partial charge in [-0.1, -0.05) is 11.6 Å². The minimum atomic E-state index is -0.473. The number of nitrogens with one attached hydrogen (secondary N) is 1. The molecule has 0 fully saturated rings. The number of benzene rings is 1. The first-order valence-corrected chi connectivity index (χ1v) is 7.61. The second kappa shape index (κ2) is 7.31. The SMILES string of the molecule is COc1ncc(-c2cncc(Nc3ccc(F)c(Cl)c3)c2)c(OC)n1. The first-order valence-electron chi connectivity index (χ1n) is 7.23. The fourth-order valence-corrected chi connectivity index (χ4v) is 2.38. The number of anilines is 2. The van der Waals surface area contributed by atoms with Crippen LogP contribution in [-0.2, 0) is 0 Å². The first-order chi connectivity index (χ1) is 12.1. The summed E-state index contributed by atoms with van der Waals surface area (Å²) in [4.78, 5) is 12.5. The van der Waals surface area contributed by atoms with Crippen LogP contribution in [0.2, 0.25) is 5.02 Å². The van der Waals surface area contributed by atoms with Crippen LogP contribution in [0.5, 0.6) is 11.9 Å². The van der Waals surface area contributed by atoms with Crippen molar-refractivity contribution in [2.75, 3.05) is 19.5 Å². The van der Waals surface area contributed by atoms with Crippen molar-refractivity contribution < 1.29 is 13.9 Å². The van der Waals surface area contributed by atoms with Gasteiger partial charge in [-0.05, 0) is 24.3 Å². The largest absolute Gasteiger partial charge is 0.480 e. The van der Waals surface area contributed by atoms with E-state index in [2.05, 4.69) is 20.3 Å². The second-order valence-electron chi connectivity index (χ2n) is 5.00. The van der Waals surface area contributed by atoms with Crippen LogP contribution in [-0.4, -0.2) is 29.2 Å². The Morgan fingerprint density at radius 2 is 1.88 bits per heavy atom. The van der Waals surface area contributed by atoms with Crippen molar-refractivity contribution >= 4 is 23.0 Å². The molecular formula is C17H14ClFN4O2. The Morgan fingerprint density at radius 3 is 2.60 bits per heavy atom. The fourth-order valence-electron chi connectivity index (χ4n) is 2.20. The van der Waals surface area contributed by atoms with Gasteiger partial charge < -0.3 is 14.8 Å². The fraction of sp³-hybridized carbons (Fsp3) is 0.118. The van der Waals surface area contributed by atoms with E-state index >= 15 is 0 Å². The van der Waals surface area contributed by atoms with Gasteiger partial charge in [0.05, 0.1) is 36.7 Å². The van der Waals surface area contributed by atoms with Crippen LogP contribution >= 0.6 is 11.6 Å². The molecule has 25 heavy (non-hydrogen) atoms. The number of ether oxygens (including phenoxy) is 2. The Balaban J connectivity index is 1.92. The standard InChI is InChI=1S/C17H14ClFN4O2/c1-24-16-13(9-21-17(23-16)25-2)10-5-12(8-20-7-10)22-11-3-4-15(19)14(18)6-11/h3-9,22H,1-2H3. The van der Waals surface area contributed by atoms with Crippen molar-refractivity contribution in [3.8, 4) is 23.0 Å². The Bertz CT molecular complexity index is 908. The van der Waals surface area contributed by atoms with Crippen molar-refractivity contribution in [1.82, 2.24) is 15.0 Å². The molecule has 0 radical (unpaired) electrons. The number of pyridine rings is 1. The summed E-state index contributed by atoms with van der Waals surface area (Å²) in [6.45, 7) is 0. The predicted octanol–water partition coefficient (Wildman–Crippen LogP) is 4.09. The number of hydrogen-bond acceptors (Lipinski definition) is 6. The maximum Gasteiger partial charge on any atom is 0.319 e. The van der Waals surface area contributed by atoms with Gasteiger partial charge >= 0.3 is 6.01 Å². The summed E-state index contributed by atoms with van der Waals surface area (Å²) in [6, 6.07) is 6.44. The van der Waals surface area contributed by atoms with Gasteiger partial charge in [0.1, 0.15) is 5.82 Å². The lowest BCUT2D eigenvalue weighted by atomic mass is 10.1. The van der Waals surface area contributed by atoms with E-state index in [1.807, 2.05) is 6.07 Å². The molecule has 2 aromatic heterocycles. The third kappa shape index (κ3) is 3.77. The average Bonchev–Trinajstić information content (AvgIpc) is 2.64.